The van der Waals surface area contributed by atoms with E-state index in [1.165, 1.54) is 42.9 Å². The third-order valence-corrected chi connectivity index (χ3v) is 5.48. The van der Waals surface area contributed by atoms with Gasteiger partial charge in [-0.05, 0) is 57.4 Å². The largest absolute Gasteiger partial charge is 0.309 e. The van der Waals surface area contributed by atoms with Gasteiger partial charge in [0.1, 0.15) is 0 Å². The SMILES string of the molecule is CCCNC(CC1CN(C)CCN1C)c1sccc1C. The van der Waals surface area contributed by atoms with Gasteiger partial charge in [0.25, 0.3) is 0 Å². The first-order chi connectivity index (χ1) is 9.61. The number of likely N-dealkylation sites (N-methyl/N-ethyl adjacent to an activating group) is 2. The van der Waals surface area contributed by atoms with Gasteiger partial charge in [-0.15, -0.1) is 11.3 Å². The molecule has 0 bridgehead atoms. The summed E-state index contributed by atoms with van der Waals surface area (Å²) in [6.45, 7) is 9.15. The molecule has 1 N–H and O–H groups in total. The number of piperazine rings is 1. The molecule has 1 fully saturated rings. The molecule has 1 saturated heterocycles. The number of hydrogen-bond donors (Lipinski definition) is 1. The molecule has 20 heavy (non-hydrogen) atoms. The van der Waals surface area contributed by atoms with Gasteiger partial charge in [-0.25, -0.2) is 0 Å². The third kappa shape index (κ3) is 4.04. The molecule has 2 rings (SSSR count). The second-order valence-electron chi connectivity index (χ2n) is 6.11. The molecule has 2 unspecified atom stereocenters. The van der Waals surface area contributed by atoms with Crippen LogP contribution in [0.2, 0.25) is 0 Å². The van der Waals surface area contributed by atoms with E-state index >= 15 is 0 Å². The molecule has 0 aliphatic carbocycles. The van der Waals surface area contributed by atoms with E-state index in [0.29, 0.717) is 12.1 Å². The average molecular weight is 295 g/mol. The molecule has 2 heterocycles. The van der Waals surface area contributed by atoms with Crippen LogP contribution in [0.3, 0.4) is 0 Å². The van der Waals surface area contributed by atoms with Crippen LogP contribution in [-0.2, 0) is 0 Å². The van der Waals surface area contributed by atoms with Crippen LogP contribution in [0.5, 0.6) is 0 Å². The zero-order valence-electron chi connectivity index (χ0n) is 13.4. The van der Waals surface area contributed by atoms with Crippen LogP contribution in [0.4, 0.5) is 0 Å². The Morgan fingerprint density at radius 2 is 2.20 bits per heavy atom. The smallest absolute Gasteiger partial charge is 0.0432 e. The first-order valence-corrected chi connectivity index (χ1v) is 8.66. The zero-order chi connectivity index (χ0) is 14.5. The van der Waals surface area contributed by atoms with Crippen LogP contribution in [0.15, 0.2) is 11.4 Å². The summed E-state index contributed by atoms with van der Waals surface area (Å²) in [4.78, 5) is 6.52. The summed E-state index contributed by atoms with van der Waals surface area (Å²) in [7, 11) is 4.51. The Morgan fingerprint density at radius 3 is 2.85 bits per heavy atom. The van der Waals surface area contributed by atoms with Gasteiger partial charge in [-0.1, -0.05) is 6.92 Å². The van der Waals surface area contributed by atoms with Crippen molar-refractivity contribution < 1.29 is 0 Å². The molecule has 1 aliphatic heterocycles. The standard InChI is InChI=1S/C16H29N3S/c1-5-7-17-15(16-13(2)6-10-20-16)11-14-12-18(3)8-9-19(14)4/h6,10,14-15,17H,5,7-9,11-12H2,1-4H3. The van der Waals surface area contributed by atoms with E-state index in [4.69, 9.17) is 0 Å². The highest BCUT2D eigenvalue weighted by Crippen LogP contribution is 2.29. The van der Waals surface area contributed by atoms with Crippen molar-refractivity contribution in [3.63, 3.8) is 0 Å². The summed E-state index contributed by atoms with van der Waals surface area (Å²) in [5, 5.41) is 5.98. The van der Waals surface area contributed by atoms with E-state index in [2.05, 4.69) is 54.5 Å². The molecule has 0 saturated carbocycles. The molecule has 1 aliphatic rings. The molecule has 0 aromatic carbocycles. The minimum atomic E-state index is 0.508. The van der Waals surface area contributed by atoms with Crippen LogP contribution in [-0.4, -0.2) is 56.1 Å². The molecule has 0 spiro atoms. The molecule has 1 aromatic rings. The van der Waals surface area contributed by atoms with Crippen LogP contribution in [0.25, 0.3) is 0 Å². The van der Waals surface area contributed by atoms with Gasteiger partial charge in [0.05, 0.1) is 0 Å². The Labute approximate surface area is 128 Å². The fraction of sp³-hybridized carbons (Fsp3) is 0.750. The van der Waals surface area contributed by atoms with E-state index in [0.717, 1.165) is 6.54 Å². The van der Waals surface area contributed by atoms with Gasteiger partial charge in [0, 0.05) is 36.6 Å². The number of hydrogen-bond acceptors (Lipinski definition) is 4. The van der Waals surface area contributed by atoms with Crippen LogP contribution >= 0.6 is 11.3 Å². The summed E-state index contributed by atoms with van der Waals surface area (Å²) in [6, 6.07) is 3.41. The van der Waals surface area contributed by atoms with Crippen LogP contribution in [0.1, 0.15) is 36.2 Å². The summed E-state index contributed by atoms with van der Waals surface area (Å²) in [6.07, 6.45) is 2.41. The Hall–Kier alpha value is -0.420. The molecule has 4 heteroatoms. The Kier molecular flexibility index (Phi) is 6.02. The van der Waals surface area contributed by atoms with Gasteiger partial charge in [0.2, 0.25) is 0 Å². The van der Waals surface area contributed by atoms with Crippen molar-refractivity contribution in [1.82, 2.24) is 15.1 Å². The molecular formula is C16H29N3S. The first-order valence-electron chi connectivity index (χ1n) is 7.78. The van der Waals surface area contributed by atoms with Crippen molar-refractivity contribution in [3.05, 3.63) is 21.9 Å². The minimum Gasteiger partial charge on any atom is -0.309 e. The van der Waals surface area contributed by atoms with E-state index < -0.39 is 0 Å². The highest BCUT2D eigenvalue weighted by Gasteiger charge is 2.26. The van der Waals surface area contributed by atoms with Crippen LogP contribution < -0.4 is 5.32 Å². The lowest BCUT2D eigenvalue weighted by molar-refractivity contribution is 0.101. The predicted molar refractivity (Wildman–Crippen MR) is 88.6 cm³/mol. The van der Waals surface area contributed by atoms with E-state index in [9.17, 15) is 0 Å². The van der Waals surface area contributed by atoms with Crippen molar-refractivity contribution in [2.75, 3.05) is 40.3 Å². The number of rotatable bonds is 6. The number of thiophene rings is 1. The lowest BCUT2D eigenvalue weighted by Gasteiger charge is -2.39. The van der Waals surface area contributed by atoms with Gasteiger partial charge in [-0.2, -0.15) is 0 Å². The fourth-order valence-electron chi connectivity index (χ4n) is 2.97. The van der Waals surface area contributed by atoms with E-state index in [-0.39, 0.29) is 0 Å². The fourth-order valence-corrected chi connectivity index (χ4v) is 3.99. The Balaban J connectivity index is 2.05. The van der Waals surface area contributed by atoms with E-state index in [1.54, 1.807) is 0 Å². The topological polar surface area (TPSA) is 18.5 Å². The van der Waals surface area contributed by atoms with Crippen LogP contribution in [0, 0.1) is 6.92 Å². The number of nitrogens with zero attached hydrogens (tertiary/aromatic N) is 2. The molecule has 2 atom stereocenters. The highest BCUT2D eigenvalue weighted by atomic mass is 32.1. The lowest BCUT2D eigenvalue weighted by Crippen LogP contribution is -2.51. The maximum atomic E-state index is 3.76. The normalized spacial score (nSPS) is 23.1. The zero-order valence-corrected chi connectivity index (χ0v) is 14.2. The first kappa shape index (κ1) is 16.0. The Morgan fingerprint density at radius 1 is 1.40 bits per heavy atom. The Bertz CT molecular complexity index is 404. The van der Waals surface area contributed by atoms with E-state index in [1.807, 2.05) is 11.3 Å². The maximum absolute atomic E-state index is 3.76. The lowest BCUT2D eigenvalue weighted by atomic mass is 10.0. The summed E-state index contributed by atoms with van der Waals surface area (Å²) in [5.74, 6) is 0. The van der Waals surface area contributed by atoms with Crippen molar-refractivity contribution in [2.24, 2.45) is 0 Å². The van der Waals surface area contributed by atoms with Crippen molar-refractivity contribution in [3.8, 4) is 0 Å². The molecule has 1 aromatic heterocycles. The second kappa shape index (κ2) is 7.55. The molecular weight excluding hydrogens is 266 g/mol. The number of aryl methyl sites for hydroxylation is 1. The van der Waals surface area contributed by atoms with Crippen molar-refractivity contribution in [1.29, 1.82) is 0 Å². The molecule has 114 valence electrons. The minimum absolute atomic E-state index is 0.508. The predicted octanol–water partition coefficient (Wildman–Crippen LogP) is 2.73. The molecule has 3 nitrogen and oxygen atoms in total. The third-order valence-electron chi connectivity index (χ3n) is 4.35. The van der Waals surface area contributed by atoms with Crippen molar-refractivity contribution >= 4 is 11.3 Å². The summed E-state index contributed by atoms with van der Waals surface area (Å²) >= 11 is 1.90. The monoisotopic (exact) mass is 295 g/mol. The molecule has 0 radical (unpaired) electrons. The van der Waals surface area contributed by atoms with Crippen molar-refractivity contribution in [2.45, 2.75) is 38.8 Å². The summed E-state index contributed by atoms with van der Waals surface area (Å²) in [5.41, 5.74) is 1.44. The van der Waals surface area contributed by atoms with Gasteiger partial charge in [0.15, 0.2) is 0 Å². The highest BCUT2D eigenvalue weighted by molar-refractivity contribution is 7.10. The van der Waals surface area contributed by atoms with Gasteiger partial charge in [-0.3, -0.25) is 0 Å². The molecule has 0 amide bonds. The quantitative estimate of drug-likeness (QED) is 0.870. The second-order valence-corrected chi connectivity index (χ2v) is 7.05. The maximum Gasteiger partial charge on any atom is 0.0432 e. The average Bonchev–Trinajstić information content (AvgIpc) is 2.84. The van der Waals surface area contributed by atoms with Gasteiger partial charge >= 0.3 is 0 Å². The van der Waals surface area contributed by atoms with Gasteiger partial charge < -0.3 is 15.1 Å². The number of nitrogens with one attached hydrogen (secondary N) is 1. The summed E-state index contributed by atoms with van der Waals surface area (Å²) < 4.78 is 0.